The number of hydrogen-bond acceptors (Lipinski definition) is 3. The number of halogens is 2. The van der Waals surface area contributed by atoms with Crippen LogP contribution in [0.15, 0.2) is 12.1 Å². The summed E-state index contributed by atoms with van der Waals surface area (Å²) in [7, 11) is 1.23. The highest BCUT2D eigenvalue weighted by atomic mass is 19.1. The molecule has 0 fully saturated rings. The Morgan fingerprint density at radius 1 is 1.47 bits per heavy atom. The lowest BCUT2D eigenvalue weighted by Crippen LogP contribution is -1.96. The molecule has 0 radical (unpaired) electrons. The van der Waals surface area contributed by atoms with Crippen molar-refractivity contribution in [2.24, 2.45) is 5.73 Å². The third-order valence-corrected chi connectivity index (χ3v) is 1.82. The molecule has 0 spiro atoms. The second kappa shape index (κ2) is 4.75. The molecule has 0 heterocycles. The summed E-state index contributed by atoms with van der Waals surface area (Å²) in [4.78, 5) is 0. The molecule has 0 bridgehead atoms. The van der Waals surface area contributed by atoms with Crippen LogP contribution in [0.5, 0.6) is 11.5 Å². The molecule has 15 heavy (non-hydrogen) atoms. The molecule has 0 unspecified atom stereocenters. The number of rotatable bonds is 3. The van der Waals surface area contributed by atoms with Gasteiger partial charge >= 0.3 is 0 Å². The molecule has 0 aliphatic carbocycles. The highest BCUT2D eigenvalue weighted by molar-refractivity contribution is 5.64. The summed E-state index contributed by atoms with van der Waals surface area (Å²) in [6.45, 7) is 0.195. The number of benzene rings is 1. The predicted molar refractivity (Wildman–Crippen MR) is 52.7 cm³/mol. The van der Waals surface area contributed by atoms with E-state index in [1.165, 1.54) is 19.3 Å². The van der Waals surface area contributed by atoms with E-state index in [0.29, 0.717) is 6.07 Å². The van der Waals surface area contributed by atoms with Crippen LogP contribution < -0.4 is 10.5 Å². The average Bonchev–Trinajstić information content (AvgIpc) is 2.21. The van der Waals surface area contributed by atoms with Crippen LogP contribution in [0.1, 0.15) is 5.56 Å². The van der Waals surface area contributed by atoms with Crippen LogP contribution in [-0.4, -0.2) is 18.8 Å². The van der Waals surface area contributed by atoms with Gasteiger partial charge in [-0.05, 0) is 0 Å². The summed E-state index contributed by atoms with van der Waals surface area (Å²) < 4.78 is 30.9. The Morgan fingerprint density at radius 2 is 2.13 bits per heavy atom. The number of phenols is 1. The quantitative estimate of drug-likeness (QED) is 0.806. The Bertz CT molecular complexity index is 391. The molecule has 0 saturated heterocycles. The SMILES string of the molecule is COc1c(F)cc(F)c(O)c1/C=C/CN. The molecule has 3 N–H and O–H groups in total. The molecular weight excluding hydrogens is 204 g/mol. The van der Waals surface area contributed by atoms with Crippen molar-refractivity contribution in [3.63, 3.8) is 0 Å². The van der Waals surface area contributed by atoms with Crippen LogP contribution in [0.4, 0.5) is 8.78 Å². The molecule has 0 aliphatic heterocycles. The lowest BCUT2D eigenvalue weighted by molar-refractivity contribution is 0.369. The first kappa shape index (κ1) is 11.5. The second-order valence-corrected chi connectivity index (χ2v) is 2.77. The predicted octanol–water partition coefficient (Wildman–Crippen LogP) is 1.65. The highest BCUT2D eigenvalue weighted by Crippen LogP contribution is 2.34. The molecule has 1 rings (SSSR count). The smallest absolute Gasteiger partial charge is 0.168 e. The maximum Gasteiger partial charge on any atom is 0.168 e. The highest BCUT2D eigenvalue weighted by Gasteiger charge is 2.16. The number of ether oxygens (including phenoxy) is 1. The Labute approximate surface area is 85.8 Å². The zero-order valence-corrected chi connectivity index (χ0v) is 8.13. The number of nitrogens with two attached hydrogens (primary N) is 1. The van der Waals surface area contributed by atoms with E-state index < -0.39 is 17.4 Å². The van der Waals surface area contributed by atoms with Crippen LogP contribution in [-0.2, 0) is 0 Å². The van der Waals surface area contributed by atoms with Crippen molar-refractivity contribution < 1.29 is 18.6 Å². The maximum absolute atomic E-state index is 13.2. The Balaban J connectivity index is 3.36. The van der Waals surface area contributed by atoms with Gasteiger partial charge in [0.05, 0.1) is 12.7 Å². The van der Waals surface area contributed by atoms with Gasteiger partial charge in [0.1, 0.15) is 0 Å². The Hall–Kier alpha value is -1.62. The van der Waals surface area contributed by atoms with Crippen molar-refractivity contribution in [1.29, 1.82) is 0 Å². The first-order valence-corrected chi connectivity index (χ1v) is 4.23. The third kappa shape index (κ3) is 2.24. The first-order chi connectivity index (χ1) is 7.11. The summed E-state index contributed by atoms with van der Waals surface area (Å²) in [5.41, 5.74) is 5.14. The van der Waals surface area contributed by atoms with Crippen LogP contribution in [0, 0.1) is 11.6 Å². The molecule has 0 saturated carbocycles. The van der Waals surface area contributed by atoms with E-state index >= 15 is 0 Å². The van der Waals surface area contributed by atoms with E-state index in [1.807, 2.05) is 0 Å². The Morgan fingerprint density at radius 3 is 2.67 bits per heavy atom. The van der Waals surface area contributed by atoms with Gasteiger partial charge in [0.25, 0.3) is 0 Å². The van der Waals surface area contributed by atoms with Gasteiger partial charge in [-0.1, -0.05) is 12.2 Å². The monoisotopic (exact) mass is 215 g/mol. The van der Waals surface area contributed by atoms with E-state index in [2.05, 4.69) is 0 Å². The van der Waals surface area contributed by atoms with Crippen molar-refractivity contribution in [3.8, 4) is 11.5 Å². The van der Waals surface area contributed by atoms with E-state index in [0.717, 1.165) is 0 Å². The van der Waals surface area contributed by atoms with E-state index in [4.69, 9.17) is 10.5 Å². The van der Waals surface area contributed by atoms with Crippen molar-refractivity contribution in [3.05, 3.63) is 29.3 Å². The van der Waals surface area contributed by atoms with E-state index in [1.54, 1.807) is 0 Å². The molecule has 0 atom stereocenters. The first-order valence-electron chi connectivity index (χ1n) is 4.23. The van der Waals surface area contributed by atoms with Gasteiger partial charge in [0.15, 0.2) is 23.1 Å². The van der Waals surface area contributed by atoms with Gasteiger partial charge in [-0.3, -0.25) is 0 Å². The summed E-state index contributed by atoms with van der Waals surface area (Å²) in [5, 5.41) is 9.35. The molecule has 0 amide bonds. The van der Waals surface area contributed by atoms with Gasteiger partial charge in [0, 0.05) is 12.6 Å². The number of aromatic hydroxyl groups is 1. The standard InChI is InChI=1S/C10H11F2NO2/c1-15-10-6(3-2-4-13)9(14)7(11)5-8(10)12/h2-3,5,14H,4,13H2,1H3/b3-2+. The van der Waals surface area contributed by atoms with Gasteiger partial charge < -0.3 is 15.6 Å². The van der Waals surface area contributed by atoms with Crippen molar-refractivity contribution in [2.75, 3.05) is 13.7 Å². The van der Waals surface area contributed by atoms with Crippen LogP contribution >= 0.6 is 0 Å². The van der Waals surface area contributed by atoms with Crippen molar-refractivity contribution >= 4 is 6.08 Å². The molecule has 1 aromatic rings. The largest absolute Gasteiger partial charge is 0.504 e. The molecule has 1 aromatic carbocycles. The fourth-order valence-corrected chi connectivity index (χ4v) is 1.16. The number of hydrogen-bond donors (Lipinski definition) is 2. The summed E-state index contributed by atoms with van der Waals surface area (Å²) in [5.74, 6) is -2.77. The van der Waals surface area contributed by atoms with Gasteiger partial charge in [-0.2, -0.15) is 0 Å². The van der Waals surface area contributed by atoms with E-state index in [9.17, 15) is 13.9 Å². The molecule has 82 valence electrons. The maximum atomic E-state index is 13.2. The van der Waals surface area contributed by atoms with Crippen LogP contribution in [0.3, 0.4) is 0 Å². The zero-order chi connectivity index (χ0) is 11.4. The fraction of sp³-hybridized carbons (Fsp3) is 0.200. The molecule has 3 nitrogen and oxygen atoms in total. The lowest BCUT2D eigenvalue weighted by atomic mass is 10.1. The molecule has 0 aromatic heterocycles. The van der Waals surface area contributed by atoms with Gasteiger partial charge in [0.2, 0.25) is 0 Å². The molecule has 5 heteroatoms. The van der Waals surface area contributed by atoms with Crippen molar-refractivity contribution in [1.82, 2.24) is 0 Å². The minimum Gasteiger partial charge on any atom is -0.504 e. The average molecular weight is 215 g/mol. The summed E-state index contributed by atoms with van der Waals surface area (Å²) in [6.07, 6.45) is 2.76. The molecule has 0 aliphatic rings. The third-order valence-electron chi connectivity index (χ3n) is 1.82. The van der Waals surface area contributed by atoms with Gasteiger partial charge in [-0.25, -0.2) is 8.78 Å². The minimum atomic E-state index is -1.04. The Kier molecular flexibility index (Phi) is 3.62. The summed E-state index contributed by atoms with van der Waals surface area (Å²) >= 11 is 0. The number of methoxy groups -OCH3 is 1. The van der Waals surface area contributed by atoms with Gasteiger partial charge in [-0.15, -0.1) is 0 Å². The zero-order valence-electron chi connectivity index (χ0n) is 8.13. The number of phenolic OH excluding ortho intramolecular Hbond substituents is 1. The molecular formula is C10H11F2NO2. The van der Waals surface area contributed by atoms with Crippen LogP contribution in [0.25, 0.3) is 6.08 Å². The van der Waals surface area contributed by atoms with Crippen LogP contribution in [0.2, 0.25) is 0 Å². The normalized spacial score (nSPS) is 10.9. The second-order valence-electron chi connectivity index (χ2n) is 2.77. The topological polar surface area (TPSA) is 55.5 Å². The minimum absolute atomic E-state index is 0.0551. The lowest BCUT2D eigenvalue weighted by Gasteiger charge is -2.08. The van der Waals surface area contributed by atoms with Crippen molar-refractivity contribution in [2.45, 2.75) is 0 Å². The summed E-state index contributed by atoms with van der Waals surface area (Å²) in [6, 6.07) is 0.563. The fourth-order valence-electron chi connectivity index (χ4n) is 1.16. The van der Waals surface area contributed by atoms with E-state index in [-0.39, 0.29) is 17.9 Å².